The minimum absolute atomic E-state index is 0.0224. The average molecular weight is 305 g/mol. The predicted octanol–water partition coefficient (Wildman–Crippen LogP) is 3.40. The molecule has 0 unspecified atom stereocenters. The van der Waals surface area contributed by atoms with Gasteiger partial charge in [0, 0.05) is 12.8 Å². The van der Waals surface area contributed by atoms with Gasteiger partial charge in [-0.15, -0.1) is 0 Å². The topological polar surface area (TPSA) is 72.0 Å². The fourth-order valence-electron chi connectivity index (χ4n) is 2.04. The fourth-order valence-corrected chi connectivity index (χ4v) is 2.04. The Balaban J connectivity index is 2.56. The summed E-state index contributed by atoms with van der Waals surface area (Å²) in [5, 5.41) is 2.72. The molecule has 0 aliphatic carbocycles. The van der Waals surface area contributed by atoms with Crippen LogP contribution in [0.3, 0.4) is 0 Å². The molecular weight excluding hydrogens is 278 g/mol. The Morgan fingerprint density at radius 3 is 2.00 bits per heavy atom. The van der Waals surface area contributed by atoms with E-state index in [0.717, 1.165) is 0 Å². The van der Waals surface area contributed by atoms with Crippen LogP contribution in [0.25, 0.3) is 0 Å². The Morgan fingerprint density at radius 1 is 0.955 bits per heavy atom. The fraction of sp³-hybridized carbons (Fsp3) is 0.647. The van der Waals surface area contributed by atoms with Gasteiger partial charge in [0.05, 0.1) is 24.5 Å². The molecule has 0 aromatic carbocycles. The first-order chi connectivity index (χ1) is 9.94. The zero-order valence-corrected chi connectivity index (χ0v) is 14.5. The monoisotopic (exact) mass is 305 g/mol. The second-order valence-electron chi connectivity index (χ2n) is 8.13. The number of hydrogen-bond acceptors (Lipinski definition) is 4. The molecule has 0 aliphatic heterocycles. The van der Waals surface area contributed by atoms with Crippen molar-refractivity contribution >= 4 is 17.5 Å². The zero-order valence-electron chi connectivity index (χ0n) is 14.5. The van der Waals surface area contributed by atoms with Crippen molar-refractivity contribution in [1.29, 1.82) is 0 Å². The van der Waals surface area contributed by atoms with E-state index in [1.165, 1.54) is 6.20 Å². The Morgan fingerprint density at radius 2 is 1.55 bits per heavy atom. The SMILES string of the molecule is CC(C)(C)CC(=O)Cc1cnc(NC(=O)CC(C)(C)C)cn1. The number of Topliss-reactive ketones (excluding diaryl/α,β-unsaturated/α-hetero) is 1. The number of rotatable bonds is 5. The van der Waals surface area contributed by atoms with E-state index in [0.29, 0.717) is 24.4 Å². The van der Waals surface area contributed by atoms with Crippen molar-refractivity contribution in [3.63, 3.8) is 0 Å². The van der Waals surface area contributed by atoms with Gasteiger partial charge in [-0.05, 0) is 10.8 Å². The normalized spacial score (nSPS) is 12.1. The van der Waals surface area contributed by atoms with E-state index >= 15 is 0 Å². The van der Waals surface area contributed by atoms with E-state index in [2.05, 4.69) is 15.3 Å². The Labute approximate surface area is 132 Å². The van der Waals surface area contributed by atoms with Gasteiger partial charge in [-0.25, -0.2) is 4.98 Å². The van der Waals surface area contributed by atoms with Gasteiger partial charge in [0.25, 0.3) is 0 Å². The molecule has 0 saturated carbocycles. The number of aromatic nitrogens is 2. The van der Waals surface area contributed by atoms with E-state index in [1.54, 1.807) is 6.20 Å². The van der Waals surface area contributed by atoms with Gasteiger partial charge in [-0.3, -0.25) is 14.6 Å². The van der Waals surface area contributed by atoms with Gasteiger partial charge in [-0.2, -0.15) is 0 Å². The van der Waals surface area contributed by atoms with Gasteiger partial charge < -0.3 is 5.32 Å². The van der Waals surface area contributed by atoms with Crippen molar-refractivity contribution in [3.8, 4) is 0 Å². The molecule has 5 heteroatoms. The minimum Gasteiger partial charge on any atom is -0.309 e. The van der Waals surface area contributed by atoms with Crippen LogP contribution in [0.1, 0.15) is 60.1 Å². The smallest absolute Gasteiger partial charge is 0.226 e. The van der Waals surface area contributed by atoms with Crippen molar-refractivity contribution in [1.82, 2.24) is 9.97 Å². The van der Waals surface area contributed by atoms with Crippen LogP contribution in [-0.2, 0) is 16.0 Å². The maximum absolute atomic E-state index is 11.9. The van der Waals surface area contributed by atoms with Crippen LogP contribution in [0.15, 0.2) is 12.4 Å². The third-order valence-electron chi connectivity index (χ3n) is 2.77. The van der Waals surface area contributed by atoms with Crippen molar-refractivity contribution < 1.29 is 9.59 Å². The molecule has 1 N–H and O–H groups in total. The molecule has 0 bridgehead atoms. The molecule has 1 heterocycles. The maximum atomic E-state index is 11.9. The summed E-state index contributed by atoms with van der Waals surface area (Å²) in [6.45, 7) is 12.1. The number of hydrogen-bond donors (Lipinski definition) is 1. The Kier molecular flexibility index (Phi) is 5.80. The first-order valence-corrected chi connectivity index (χ1v) is 7.57. The van der Waals surface area contributed by atoms with Gasteiger partial charge in [-0.1, -0.05) is 41.5 Å². The van der Waals surface area contributed by atoms with Crippen LogP contribution in [0, 0.1) is 10.8 Å². The van der Waals surface area contributed by atoms with E-state index < -0.39 is 0 Å². The number of anilines is 1. The van der Waals surface area contributed by atoms with Crippen molar-refractivity contribution in [2.24, 2.45) is 10.8 Å². The Hall–Kier alpha value is -1.78. The van der Waals surface area contributed by atoms with Crippen LogP contribution >= 0.6 is 0 Å². The number of ketones is 1. The second-order valence-corrected chi connectivity index (χ2v) is 8.13. The summed E-state index contributed by atoms with van der Waals surface area (Å²) < 4.78 is 0. The molecule has 1 aromatic rings. The van der Waals surface area contributed by atoms with E-state index in [4.69, 9.17) is 0 Å². The number of amides is 1. The maximum Gasteiger partial charge on any atom is 0.226 e. The van der Waals surface area contributed by atoms with Gasteiger partial charge in [0.2, 0.25) is 5.91 Å². The highest BCUT2D eigenvalue weighted by atomic mass is 16.1. The van der Waals surface area contributed by atoms with Crippen molar-refractivity contribution in [2.75, 3.05) is 5.32 Å². The summed E-state index contributed by atoms with van der Waals surface area (Å²) in [6, 6.07) is 0. The lowest BCUT2D eigenvalue weighted by atomic mass is 9.89. The van der Waals surface area contributed by atoms with Crippen LogP contribution in [0.2, 0.25) is 0 Å². The lowest BCUT2D eigenvalue weighted by Crippen LogP contribution is -2.20. The third kappa shape index (κ3) is 7.86. The third-order valence-corrected chi connectivity index (χ3v) is 2.77. The highest BCUT2D eigenvalue weighted by molar-refractivity contribution is 5.90. The largest absolute Gasteiger partial charge is 0.309 e. The summed E-state index contributed by atoms with van der Waals surface area (Å²) >= 11 is 0. The first-order valence-electron chi connectivity index (χ1n) is 7.57. The number of nitrogens with one attached hydrogen (secondary N) is 1. The van der Waals surface area contributed by atoms with Gasteiger partial charge in [0.15, 0.2) is 5.82 Å². The summed E-state index contributed by atoms with van der Waals surface area (Å²) in [5.74, 6) is 0.478. The van der Waals surface area contributed by atoms with E-state index in [9.17, 15) is 9.59 Å². The molecule has 1 rings (SSSR count). The molecule has 0 atom stereocenters. The lowest BCUT2D eigenvalue weighted by Gasteiger charge is -2.17. The molecule has 0 aliphatic rings. The van der Waals surface area contributed by atoms with Gasteiger partial charge >= 0.3 is 0 Å². The summed E-state index contributed by atoms with van der Waals surface area (Å²) in [7, 11) is 0. The zero-order chi connectivity index (χ0) is 17.0. The molecule has 1 aromatic heterocycles. The highest BCUT2D eigenvalue weighted by Gasteiger charge is 2.18. The molecule has 5 nitrogen and oxygen atoms in total. The summed E-state index contributed by atoms with van der Waals surface area (Å²) in [5.41, 5.74) is 0.533. The van der Waals surface area contributed by atoms with Crippen molar-refractivity contribution in [2.45, 2.75) is 60.8 Å². The highest BCUT2D eigenvalue weighted by Crippen LogP contribution is 2.20. The standard InChI is InChI=1S/C17H27N3O2/c1-16(2,3)8-13(21)7-12-10-19-14(11-18-12)20-15(22)9-17(4,5)6/h10-11H,7-9H2,1-6H3,(H,19,20,22). The second kappa shape index (κ2) is 6.99. The van der Waals surface area contributed by atoms with Crippen LogP contribution in [0.5, 0.6) is 0 Å². The van der Waals surface area contributed by atoms with Crippen molar-refractivity contribution in [3.05, 3.63) is 18.1 Å². The number of carbonyl (C=O) groups is 2. The molecular formula is C17H27N3O2. The first kappa shape index (κ1) is 18.3. The lowest BCUT2D eigenvalue weighted by molar-refractivity contribution is -0.120. The molecule has 122 valence electrons. The average Bonchev–Trinajstić information content (AvgIpc) is 2.26. The Bertz CT molecular complexity index is 473. The number of carbonyl (C=O) groups excluding carboxylic acids is 2. The van der Waals surface area contributed by atoms with Gasteiger partial charge in [0.1, 0.15) is 5.78 Å². The molecule has 0 spiro atoms. The molecule has 0 radical (unpaired) electrons. The molecule has 1 amide bonds. The number of nitrogens with zero attached hydrogens (tertiary/aromatic N) is 2. The molecule has 0 saturated heterocycles. The predicted molar refractivity (Wildman–Crippen MR) is 87.5 cm³/mol. The van der Waals surface area contributed by atoms with E-state index in [1.807, 2.05) is 41.5 Å². The summed E-state index contributed by atoms with van der Waals surface area (Å²) in [4.78, 5) is 32.1. The molecule has 22 heavy (non-hydrogen) atoms. The quantitative estimate of drug-likeness (QED) is 0.905. The van der Waals surface area contributed by atoms with E-state index in [-0.39, 0.29) is 28.9 Å². The van der Waals surface area contributed by atoms with Crippen LogP contribution in [0.4, 0.5) is 5.82 Å². The van der Waals surface area contributed by atoms with Crippen LogP contribution in [-0.4, -0.2) is 21.7 Å². The molecule has 0 fully saturated rings. The summed E-state index contributed by atoms with van der Waals surface area (Å²) in [6.07, 6.45) is 4.26. The minimum atomic E-state index is -0.0849. The van der Waals surface area contributed by atoms with Crippen LogP contribution < -0.4 is 5.32 Å².